The van der Waals surface area contributed by atoms with Crippen molar-refractivity contribution in [3.8, 4) is 0 Å². The molecule has 13 rings (SSSR count). The fraction of sp³-hybridized carbons (Fsp3) is 0.408. The summed E-state index contributed by atoms with van der Waals surface area (Å²) < 4.78 is 0. The molecular formula is C71H91Cl3Si3. The first-order valence-corrected chi connectivity index (χ1v) is 39.6. The lowest BCUT2D eigenvalue weighted by Gasteiger charge is -2.31. The van der Waals surface area contributed by atoms with E-state index in [1.54, 1.807) is 0 Å². The van der Waals surface area contributed by atoms with Crippen molar-refractivity contribution in [1.82, 2.24) is 0 Å². The van der Waals surface area contributed by atoms with Gasteiger partial charge in [0.05, 0.1) is 0 Å². The summed E-state index contributed by atoms with van der Waals surface area (Å²) >= 11 is 22.0. The van der Waals surface area contributed by atoms with Crippen LogP contribution in [0.1, 0.15) is 167 Å². The van der Waals surface area contributed by atoms with Crippen molar-refractivity contribution in [3.05, 3.63) is 218 Å². The number of allylic oxidation sites excluding steroid dienone is 6. The van der Waals surface area contributed by atoms with Crippen LogP contribution in [0.5, 0.6) is 0 Å². The maximum absolute atomic E-state index is 7.34. The summed E-state index contributed by atoms with van der Waals surface area (Å²) in [7, 11) is -6.29. The second-order valence-corrected chi connectivity index (χ2v) is 37.8. The molecule has 0 bridgehead atoms. The van der Waals surface area contributed by atoms with E-state index in [9.17, 15) is 0 Å². The third-order valence-electron chi connectivity index (χ3n) is 16.9. The Labute approximate surface area is 485 Å². The van der Waals surface area contributed by atoms with Crippen LogP contribution in [-0.4, -0.2) is 22.2 Å². The SMILES string of the molecule is C1=CCCC1.C1=CCCC1.C1=CCCC1.C1CCCC1.Cl[Si](c1ccccc1)(c1ccccc1)C1CCCC1.Cl[Si](c1ccccc1)(c1ccccc1)C1CCCC1.Cl[Si](c1ccccc1)(c1ccccc1)C1CCCC1. The van der Waals surface area contributed by atoms with Gasteiger partial charge in [-0.1, -0.05) is 328 Å². The van der Waals surface area contributed by atoms with Gasteiger partial charge in [0.15, 0.2) is 0 Å². The lowest BCUT2D eigenvalue weighted by Crippen LogP contribution is -2.56. The minimum Gasteiger partial charge on any atom is -0.155 e. The predicted octanol–water partition coefficient (Wildman–Crippen LogP) is 18.9. The van der Waals surface area contributed by atoms with E-state index >= 15 is 0 Å². The van der Waals surface area contributed by atoms with Crippen LogP contribution in [0.4, 0.5) is 0 Å². The van der Waals surface area contributed by atoms with E-state index in [0.717, 1.165) is 0 Å². The van der Waals surface area contributed by atoms with Crippen molar-refractivity contribution < 1.29 is 0 Å². The summed E-state index contributed by atoms with van der Waals surface area (Å²) in [5.74, 6) is 0. The first-order valence-electron chi connectivity index (χ1n) is 30.3. The maximum atomic E-state index is 7.34. The van der Waals surface area contributed by atoms with Gasteiger partial charge in [-0.25, -0.2) is 0 Å². The average Bonchev–Trinajstić information content (AvgIpc) is 4.39. The van der Waals surface area contributed by atoms with Crippen LogP contribution in [0.3, 0.4) is 0 Å². The summed E-state index contributed by atoms with van der Waals surface area (Å²) in [6, 6.07) is 64.7. The van der Waals surface area contributed by atoms with E-state index in [1.807, 2.05) is 0 Å². The van der Waals surface area contributed by atoms with Crippen LogP contribution in [-0.2, 0) is 0 Å². The van der Waals surface area contributed by atoms with E-state index in [4.69, 9.17) is 33.2 Å². The quantitative estimate of drug-likeness (QED) is 0.0769. The Morgan fingerprint density at radius 1 is 0.208 bits per heavy atom. The second kappa shape index (κ2) is 34.3. The summed E-state index contributed by atoms with van der Waals surface area (Å²) in [5, 5.41) is 8.22. The van der Waals surface area contributed by atoms with Gasteiger partial charge in [-0.2, -0.15) is 33.2 Å². The first kappa shape index (κ1) is 60.7. The zero-order valence-electron chi connectivity index (χ0n) is 46.5. The highest BCUT2D eigenvalue weighted by atomic mass is 35.6. The van der Waals surface area contributed by atoms with Gasteiger partial charge in [-0.15, -0.1) is 0 Å². The summed E-state index contributed by atoms with van der Waals surface area (Å²) in [4.78, 5) is 0. The minimum atomic E-state index is -2.10. The second-order valence-electron chi connectivity index (χ2n) is 22.3. The zero-order valence-corrected chi connectivity index (χ0v) is 51.8. The number of hydrogen-bond acceptors (Lipinski definition) is 0. The third kappa shape index (κ3) is 18.3. The monoisotopic (exact) mass is 1130 g/mol. The third-order valence-corrected chi connectivity index (χ3v) is 35.7. The van der Waals surface area contributed by atoms with Crippen molar-refractivity contribution in [2.24, 2.45) is 0 Å². The van der Waals surface area contributed by atoms with E-state index in [0.29, 0.717) is 16.6 Å². The zero-order chi connectivity index (χ0) is 53.5. The van der Waals surface area contributed by atoms with Crippen LogP contribution in [0.15, 0.2) is 218 Å². The van der Waals surface area contributed by atoms with Crippen LogP contribution in [0.2, 0.25) is 16.6 Å². The number of rotatable bonds is 9. The molecule has 408 valence electrons. The molecule has 4 fully saturated rings. The van der Waals surface area contributed by atoms with Crippen LogP contribution >= 0.6 is 33.2 Å². The molecule has 4 saturated carbocycles. The van der Waals surface area contributed by atoms with Gasteiger partial charge in [0.25, 0.3) is 0 Å². The summed E-state index contributed by atoms with van der Waals surface area (Å²) in [5.41, 5.74) is 2.04. The van der Waals surface area contributed by atoms with Gasteiger partial charge in [0.1, 0.15) is 0 Å². The Morgan fingerprint density at radius 2 is 0.364 bits per heavy atom. The molecule has 0 aromatic heterocycles. The summed E-state index contributed by atoms with van der Waals surface area (Å²) in [6.07, 6.45) is 48.8. The van der Waals surface area contributed by atoms with Gasteiger partial charge in [-0.3, -0.25) is 0 Å². The molecule has 0 nitrogen and oxygen atoms in total. The molecule has 0 N–H and O–H groups in total. The number of halogens is 3. The molecule has 6 heteroatoms. The van der Waals surface area contributed by atoms with E-state index in [-0.39, 0.29) is 0 Å². The summed E-state index contributed by atoms with van der Waals surface area (Å²) in [6.45, 7) is 0. The van der Waals surface area contributed by atoms with Crippen LogP contribution in [0.25, 0.3) is 0 Å². The highest BCUT2D eigenvalue weighted by molar-refractivity contribution is 7.35. The lowest BCUT2D eigenvalue weighted by molar-refractivity contribution is 0.859. The Balaban J connectivity index is 0.000000142. The standard InChI is InChI=1S/3C17H19ClSi.C5H10.3C5H8/c3*18-19(17-13-7-8-14-17,15-9-3-1-4-10-15)16-11-5-2-6-12-16;4*1-2-4-5-3-1/h3*1-6,9-12,17H,7-8,13-14H2;1-5H2;3*1-2H,3-5H2. The van der Waals surface area contributed by atoms with Gasteiger partial charge < -0.3 is 0 Å². The van der Waals surface area contributed by atoms with Crippen LogP contribution < -0.4 is 31.1 Å². The normalized spacial score (nSPS) is 18.0. The van der Waals surface area contributed by atoms with Crippen molar-refractivity contribution >= 4 is 86.5 Å². The van der Waals surface area contributed by atoms with Crippen LogP contribution in [0, 0.1) is 0 Å². The molecule has 0 spiro atoms. The molecule has 0 saturated heterocycles. The fourth-order valence-electron chi connectivity index (χ4n) is 12.6. The molecule has 7 aliphatic carbocycles. The molecule has 0 amide bonds. The number of benzene rings is 6. The molecule has 0 atom stereocenters. The van der Waals surface area contributed by atoms with Gasteiger partial charge in [-0.05, 0) is 106 Å². The van der Waals surface area contributed by atoms with Gasteiger partial charge >= 0.3 is 0 Å². The van der Waals surface area contributed by atoms with Crippen molar-refractivity contribution in [1.29, 1.82) is 0 Å². The molecule has 7 aliphatic rings. The predicted molar refractivity (Wildman–Crippen MR) is 350 cm³/mol. The molecular weight excluding hydrogens is 1040 g/mol. The van der Waals surface area contributed by atoms with Gasteiger partial charge in [0, 0.05) is 0 Å². The molecule has 77 heavy (non-hydrogen) atoms. The van der Waals surface area contributed by atoms with E-state index in [2.05, 4.69) is 218 Å². The Kier molecular flexibility index (Phi) is 27.0. The number of hydrogen-bond donors (Lipinski definition) is 0. The molecule has 0 heterocycles. The topological polar surface area (TPSA) is 0 Å². The lowest BCUT2D eigenvalue weighted by atomic mass is 10.3. The van der Waals surface area contributed by atoms with Gasteiger partial charge in [0.2, 0.25) is 22.2 Å². The fourth-order valence-corrected chi connectivity index (χ4v) is 28.4. The van der Waals surface area contributed by atoms with Crippen molar-refractivity contribution in [2.45, 2.75) is 184 Å². The highest BCUT2D eigenvalue weighted by Gasteiger charge is 2.46. The maximum Gasteiger partial charge on any atom is 0.220 e. The molecule has 0 unspecified atom stereocenters. The van der Waals surface area contributed by atoms with E-state index < -0.39 is 22.2 Å². The molecule has 6 aromatic rings. The molecule has 6 aromatic carbocycles. The minimum absolute atomic E-state index is 0.680. The smallest absolute Gasteiger partial charge is 0.155 e. The molecule has 0 radical (unpaired) electrons. The Hall–Kier alpha value is -3.94. The van der Waals surface area contributed by atoms with Crippen molar-refractivity contribution in [3.63, 3.8) is 0 Å². The molecule has 0 aliphatic heterocycles. The Bertz CT molecular complexity index is 2110. The average molecular weight is 1140 g/mol. The van der Waals surface area contributed by atoms with Crippen molar-refractivity contribution in [2.75, 3.05) is 0 Å². The van der Waals surface area contributed by atoms with E-state index in [1.165, 1.54) is 198 Å². The Morgan fingerprint density at radius 3 is 0.494 bits per heavy atom. The first-order chi connectivity index (χ1) is 37.9. The highest BCUT2D eigenvalue weighted by Crippen LogP contribution is 2.42. The largest absolute Gasteiger partial charge is 0.220 e.